The lowest BCUT2D eigenvalue weighted by Crippen LogP contribution is -1.87. The minimum absolute atomic E-state index is 0.406. The first-order valence-electron chi connectivity index (χ1n) is 5.72. The number of rotatable bonds is 7. The van der Waals surface area contributed by atoms with E-state index in [4.69, 9.17) is 0 Å². The summed E-state index contributed by atoms with van der Waals surface area (Å²) in [5.74, 6) is 0. The highest BCUT2D eigenvalue weighted by molar-refractivity contribution is 7.10. The van der Waals surface area contributed by atoms with Gasteiger partial charge in [-0.15, -0.1) is 11.3 Å². The topological polar surface area (TPSA) is 20.2 Å². The van der Waals surface area contributed by atoms with E-state index in [2.05, 4.69) is 13.0 Å². The highest BCUT2D eigenvalue weighted by Crippen LogP contribution is 2.19. The molecular formula is C13H20OS. The fraction of sp³-hybridized carbons (Fsp3) is 0.538. The lowest BCUT2D eigenvalue weighted by molar-refractivity contribution is 0.232. The fourth-order valence-electron chi connectivity index (χ4n) is 1.47. The van der Waals surface area contributed by atoms with Crippen LogP contribution in [0, 0.1) is 0 Å². The summed E-state index contributed by atoms with van der Waals surface area (Å²) >= 11 is 1.60. The number of aliphatic hydroxyl groups is 1. The molecule has 0 radical (unpaired) electrons. The van der Waals surface area contributed by atoms with Gasteiger partial charge in [0.05, 0.1) is 0 Å². The van der Waals surface area contributed by atoms with Crippen LogP contribution in [0.15, 0.2) is 29.7 Å². The maximum atomic E-state index is 9.74. The van der Waals surface area contributed by atoms with Crippen molar-refractivity contribution in [2.45, 2.75) is 45.1 Å². The number of unbranched alkanes of at least 4 members (excludes halogenated alkanes) is 4. The van der Waals surface area contributed by atoms with E-state index < -0.39 is 6.10 Å². The van der Waals surface area contributed by atoms with Crippen molar-refractivity contribution >= 4 is 11.3 Å². The summed E-state index contributed by atoms with van der Waals surface area (Å²) in [6, 6.07) is 3.94. The number of thiophene rings is 1. The van der Waals surface area contributed by atoms with Crippen molar-refractivity contribution < 1.29 is 5.11 Å². The van der Waals surface area contributed by atoms with E-state index in [1.54, 1.807) is 11.3 Å². The van der Waals surface area contributed by atoms with Crippen molar-refractivity contribution in [3.05, 3.63) is 34.5 Å². The standard InChI is InChI=1S/C13H20OS/c1-2-3-4-5-6-7-9-12(14)13-10-8-11-15-13/h7-12,14H,2-6H2,1H3/b9-7+. The summed E-state index contributed by atoms with van der Waals surface area (Å²) < 4.78 is 0. The van der Waals surface area contributed by atoms with Crippen molar-refractivity contribution in [2.24, 2.45) is 0 Å². The monoisotopic (exact) mass is 224 g/mol. The van der Waals surface area contributed by atoms with E-state index in [-0.39, 0.29) is 0 Å². The zero-order valence-corrected chi connectivity index (χ0v) is 10.2. The second-order valence-electron chi connectivity index (χ2n) is 3.74. The van der Waals surface area contributed by atoms with Crippen LogP contribution in [0.1, 0.15) is 50.0 Å². The average molecular weight is 224 g/mol. The summed E-state index contributed by atoms with van der Waals surface area (Å²) in [7, 11) is 0. The second-order valence-corrected chi connectivity index (χ2v) is 4.72. The van der Waals surface area contributed by atoms with Gasteiger partial charge < -0.3 is 5.11 Å². The Labute approximate surface area is 96.5 Å². The van der Waals surface area contributed by atoms with E-state index in [9.17, 15) is 5.11 Å². The van der Waals surface area contributed by atoms with Gasteiger partial charge in [-0.05, 0) is 24.3 Å². The molecule has 0 fully saturated rings. The number of hydrogen-bond acceptors (Lipinski definition) is 2. The molecule has 0 aliphatic carbocycles. The van der Waals surface area contributed by atoms with Crippen LogP contribution < -0.4 is 0 Å². The molecule has 2 heteroatoms. The Morgan fingerprint density at radius 1 is 1.40 bits per heavy atom. The van der Waals surface area contributed by atoms with Crippen LogP contribution in [0.25, 0.3) is 0 Å². The maximum Gasteiger partial charge on any atom is 0.106 e. The maximum absolute atomic E-state index is 9.74. The van der Waals surface area contributed by atoms with Gasteiger partial charge in [-0.25, -0.2) is 0 Å². The second kappa shape index (κ2) is 7.66. The third-order valence-electron chi connectivity index (χ3n) is 2.38. The van der Waals surface area contributed by atoms with Gasteiger partial charge in [0.2, 0.25) is 0 Å². The first-order chi connectivity index (χ1) is 7.34. The van der Waals surface area contributed by atoms with Crippen LogP contribution in [-0.4, -0.2) is 5.11 Å². The minimum Gasteiger partial charge on any atom is -0.383 e. The van der Waals surface area contributed by atoms with Gasteiger partial charge in [0.1, 0.15) is 6.10 Å². The molecule has 1 heterocycles. The molecule has 1 N–H and O–H groups in total. The summed E-state index contributed by atoms with van der Waals surface area (Å²) in [4.78, 5) is 1.03. The van der Waals surface area contributed by atoms with Crippen molar-refractivity contribution in [3.63, 3.8) is 0 Å². The first-order valence-corrected chi connectivity index (χ1v) is 6.60. The van der Waals surface area contributed by atoms with Crippen molar-refractivity contribution in [3.8, 4) is 0 Å². The van der Waals surface area contributed by atoms with Crippen molar-refractivity contribution in [1.82, 2.24) is 0 Å². The molecule has 0 saturated heterocycles. The molecule has 0 bridgehead atoms. The first kappa shape index (κ1) is 12.5. The lowest BCUT2D eigenvalue weighted by Gasteiger charge is -2.01. The molecular weight excluding hydrogens is 204 g/mol. The predicted molar refractivity (Wildman–Crippen MR) is 67.2 cm³/mol. The summed E-state index contributed by atoms with van der Waals surface area (Å²) in [5.41, 5.74) is 0. The molecule has 0 aromatic carbocycles. The third kappa shape index (κ3) is 5.14. The Hall–Kier alpha value is -0.600. The molecule has 0 aliphatic heterocycles. The molecule has 0 spiro atoms. The molecule has 0 saturated carbocycles. The number of hydrogen-bond donors (Lipinski definition) is 1. The van der Waals surface area contributed by atoms with E-state index in [1.807, 2.05) is 23.6 Å². The lowest BCUT2D eigenvalue weighted by atomic mass is 10.1. The highest BCUT2D eigenvalue weighted by Gasteiger charge is 2.02. The Balaban J connectivity index is 2.15. The number of allylic oxidation sites excluding steroid dienone is 1. The third-order valence-corrected chi connectivity index (χ3v) is 3.32. The summed E-state index contributed by atoms with van der Waals surface area (Å²) in [6.45, 7) is 2.22. The van der Waals surface area contributed by atoms with Crippen molar-refractivity contribution in [1.29, 1.82) is 0 Å². The molecule has 1 aromatic heterocycles. The zero-order valence-electron chi connectivity index (χ0n) is 9.36. The van der Waals surface area contributed by atoms with E-state index in [1.165, 1.54) is 25.7 Å². The molecule has 1 aromatic rings. The van der Waals surface area contributed by atoms with Gasteiger partial charge in [-0.3, -0.25) is 0 Å². The van der Waals surface area contributed by atoms with Gasteiger partial charge in [-0.1, -0.05) is 44.4 Å². The normalized spacial score (nSPS) is 13.5. The van der Waals surface area contributed by atoms with Crippen LogP contribution in [0.5, 0.6) is 0 Å². The smallest absolute Gasteiger partial charge is 0.106 e. The SMILES string of the molecule is CCCCCC/C=C/C(O)c1cccs1. The average Bonchev–Trinajstić information content (AvgIpc) is 2.76. The fourth-order valence-corrected chi connectivity index (χ4v) is 2.16. The molecule has 1 unspecified atom stereocenters. The van der Waals surface area contributed by atoms with Crippen LogP contribution in [-0.2, 0) is 0 Å². The van der Waals surface area contributed by atoms with E-state index in [0.29, 0.717) is 0 Å². The minimum atomic E-state index is -0.406. The Morgan fingerprint density at radius 2 is 2.27 bits per heavy atom. The Bertz CT molecular complexity index is 264. The van der Waals surface area contributed by atoms with Gasteiger partial charge in [0.15, 0.2) is 0 Å². The summed E-state index contributed by atoms with van der Waals surface area (Å²) in [5, 5.41) is 11.7. The van der Waals surface area contributed by atoms with Gasteiger partial charge >= 0.3 is 0 Å². The molecule has 84 valence electrons. The molecule has 1 rings (SSSR count). The Kier molecular flexibility index (Phi) is 6.37. The number of aliphatic hydroxyl groups excluding tert-OH is 1. The van der Waals surface area contributed by atoms with Crippen LogP contribution in [0.3, 0.4) is 0 Å². The Morgan fingerprint density at radius 3 is 2.93 bits per heavy atom. The van der Waals surface area contributed by atoms with Crippen LogP contribution in [0.2, 0.25) is 0 Å². The van der Waals surface area contributed by atoms with E-state index >= 15 is 0 Å². The molecule has 1 nitrogen and oxygen atoms in total. The summed E-state index contributed by atoms with van der Waals surface area (Å²) in [6.07, 6.45) is 9.82. The quantitative estimate of drug-likeness (QED) is 0.540. The van der Waals surface area contributed by atoms with Gasteiger partial charge in [0.25, 0.3) is 0 Å². The van der Waals surface area contributed by atoms with Gasteiger partial charge in [-0.2, -0.15) is 0 Å². The van der Waals surface area contributed by atoms with Gasteiger partial charge in [0, 0.05) is 4.88 Å². The van der Waals surface area contributed by atoms with Crippen LogP contribution in [0.4, 0.5) is 0 Å². The van der Waals surface area contributed by atoms with Crippen LogP contribution >= 0.6 is 11.3 Å². The largest absolute Gasteiger partial charge is 0.383 e. The zero-order chi connectivity index (χ0) is 10.9. The molecule has 0 aliphatic rings. The van der Waals surface area contributed by atoms with E-state index in [0.717, 1.165) is 11.3 Å². The molecule has 0 amide bonds. The van der Waals surface area contributed by atoms with Crippen molar-refractivity contribution in [2.75, 3.05) is 0 Å². The molecule has 15 heavy (non-hydrogen) atoms. The highest BCUT2D eigenvalue weighted by atomic mass is 32.1. The predicted octanol–water partition coefficient (Wildman–Crippen LogP) is 4.31. The molecule has 1 atom stereocenters.